The molecule has 78 valence electrons. The molecule has 0 fully saturated rings. The van der Waals surface area contributed by atoms with Crippen LogP contribution in [0.25, 0.3) is 0 Å². The summed E-state index contributed by atoms with van der Waals surface area (Å²) >= 11 is 0. The van der Waals surface area contributed by atoms with Gasteiger partial charge in [0.05, 0.1) is 6.10 Å². The lowest BCUT2D eigenvalue weighted by atomic mass is 9.93. The lowest BCUT2D eigenvalue weighted by Gasteiger charge is -2.19. The first-order chi connectivity index (χ1) is 6.66. The maximum atomic E-state index is 10.0. The van der Waals surface area contributed by atoms with Crippen LogP contribution >= 0.6 is 0 Å². The van der Waals surface area contributed by atoms with Gasteiger partial charge in [-0.2, -0.15) is 0 Å². The third-order valence-electron chi connectivity index (χ3n) is 2.60. The zero-order valence-corrected chi connectivity index (χ0v) is 8.90. The third-order valence-corrected chi connectivity index (χ3v) is 2.60. The second kappa shape index (κ2) is 5.01. The molecule has 0 aliphatic heterocycles. The lowest BCUT2D eigenvalue weighted by Crippen LogP contribution is -2.10. The van der Waals surface area contributed by atoms with Gasteiger partial charge in [0.25, 0.3) is 0 Å². The van der Waals surface area contributed by atoms with E-state index in [0.717, 1.165) is 18.4 Å². The number of hydrogen-bond donors (Lipinski definition) is 2. The molecule has 0 heterocycles. The van der Waals surface area contributed by atoms with Gasteiger partial charge in [0, 0.05) is 11.3 Å². The van der Waals surface area contributed by atoms with Crippen molar-refractivity contribution in [2.75, 3.05) is 5.73 Å². The molecule has 0 saturated heterocycles. The molecule has 1 rings (SSSR count). The van der Waals surface area contributed by atoms with Crippen LogP contribution in [0.2, 0.25) is 0 Å². The topological polar surface area (TPSA) is 46.2 Å². The number of benzene rings is 1. The average Bonchev–Trinajstić information content (AvgIpc) is 2.18. The molecule has 0 aliphatic rings. The smallest absolute Gasteiger partial charge is 0.0835 e. The average molecular weight is 193 g/mol. The van der Waals surface area contributed by atoms with Crippen LogP contribution in [-0.2, 0) is 0 Å². The minimum Gasteiger partial charge on any atom is -0.398 e. The molecule has 2 heteroatoms. The van der Waals surface area contributed by atoms with E-state index in [1.165, 1.54) is 0 Å². The van der Waals surface area contributed by atoms with E-state index in [1.54, 1.807) is 0 Å². The standard InChI is InChI=1S/C12H19NO/c1-3-6-9(2)12(14)10-7-4-5-8-11(10)13/h4-5,7-9,12,14H,3,6,13H2,1-2H3. The molecule has 3 N–H and O–H groups in total. The van der Waals surface area contributed by atoms with Crippen molar-refractivity contribution >= 4 is 5.69 Å². The van der Waals surface area contributed by atoms with E-state index >= 15 is 0 Å². The quantitative estimate of drug-likeness (QED) is 0.722. The van der Waals surface area contributed by atoms with Crippen LogP contribution in [0, 0.1) is 5.92 Å². The van der Waals surface area contributed by atoms with Crippen molar-refractivity contribution in [1.29, 1.82) is 0 Å². The molecule has 2 atom stereocenters. The van der Waals surface area contributed by atoms with Crippen LogP contribution in [0.1, 0.15) is 38.4 Å². The molecule has 0 aromatic heterocycles. The van der Waals surface area contributed by atoms with Crippen molar-refractivity contribution in [3.8, 4) is 0 Å². The third kappa shape index (κ3) is 2.48. The van der Waals surface area contributed by atoms with Gasteiger partial charge in [-0.3, -0.25) is 0 Å². The van der Waals surface area contributed by atoms with Crippen molar-refractivity contribution in [1.82, 2.24) is 0 Å². The molecule has 0 bridgehead atoms. The highest BCUT2D eigenvalue weighted by Crippen LogP contribution is 2.28. The second-order valence-corrected chi connectivity index (χ2v) is 3.84. The van der Waals surface area contributed by atoms with Crippen LogP contribution in [0.3, 0.4) is 0 Å². The van der Waals surface area contributed by atoms with Crippen molar-refractivity contribution in [3.63, 3.8) is 0 Å². The van der Waals surface area contributed by atoms with Crippen molar-refractivity contribution < 1.29 is 5.11 Å². The number of anilines is 1. The van der Waals surface area contributed by atoms with E-state index in [4.69, 9.17) is 5.73 Å². The Hall–Kier alpha value is -1.02. The maximum absolute atomic E-state index is 10.0. The Labute approximate surface area is 85.8 Å². The van der Waals surface area contributed by atoms with E-state index in [0.29, 0.717) is 5.69 Å². The van der Waals surface area contributed by atoms with Crippen LogP contribution < -0.4 is 5.73 Å². The first-order valence-electron chi connectivity index (χ1n) is 5.19. The summed E-state index contributed by atoms with van der Waals surface area (Å²) in [4.78, 5) is 0. The predicted molar refractivity (Wildman–Crippen MR) is 59.9 cm³/mol. The number of aliphatic hydroxyl groups excluding tert-OH is 1. The normalized spacial score (nSPS) is 15.1. The Bertz CT molecular complexity index is 285. The summed E-state index contributed by atoms with van der Waals surface area (Å²) < 4.78 is 0. The van der Waals surface area contributed by atoms with Crippen LogP contribution in [0.5, 0.6) is 0 Å². The fourth-order valence-electron chi connectivity index (χ4n) is 1.70. The molecule has 2 unspecified atom stereocenters. The molecule has 2 nitrogen and oxygen atoms in total. The number of aliphatic hydroxyl groups is 1. The summed E-state index contributed by atoms with van der Waals surface area (Å²) in [5, 5.41) is 10.0. The van der Waals surface area contributed by atoms with Gasteiger partial charge in [-0.1, -0.05) is 38.5 Å². The number of rotatable bonds is 4. The van der Waals surface area contributed by atoms with Gasteiger partial charge in [0.1, 0.15) is 0 Å². The van der Waals surface area contributed by atoms with E-state index in [2.05, 4.69) is 13.8 Å². The molecule has 1 aromatic rings. The Morgan fingerprint density at radius 1 is 1.36 bits per heavy atom. The second-order valence-electron chi connectivity index (χ2n) is 3.84. The first kappa shape index (κ1) is 11.1. The molecule has 0 saturated carbocycles. The Kier molecular flexibility index (Phi) is 3.96. The fraction of sp³-hybridized carbons (Fsp3) is 0.500. The van der Waals surface area contributed by atoms with Crippen LogP contribution in [0.15, 0.2) is 24.3 Å². The zero-order chi connectivity index (χ0) is 10.6. The first-order valence-corrected chi connectivity index (χ1v) is 5.19. The van der Waals surface area contributed by atoms with E-state index < -0.39 is 6.10 Å². The van der Waals surface area contributed by atoms with E-state index in [9.17, 15) is 5.11 Å². The molecule has 0 aliphatic carbocycles. The van der Waals surface area contributed by atoms with Gasteiger partial charge in [-0.25, -0.2) is 0 Å². The number of para-hydroxylation sites is 1. The summed E-state index contributed by atoms with van der Waals surface area (Å²) in [6.45, 7) is 4.18. The predicted octanol–water partition coefficient (Wildman–Crippen LogP) is 2.74. The highest BCUT2D eigenvalue weighted by molar-refractivity contribution is 5.47. The summed E-state index contributed by atoms with van der Waals surface area (Å²) in [6.07, 6.45) is 1.68. The van der Waals surface area contributed by atoms with Gasteiger partial charge in [0.15, 0.2) is 0 Å². The molecular formula is C12H19NO. The van der Waals surface area contributed by atoms with Crippen LogP contribution in [0.4, 0.5) is 5.69 Å². The highest BCUT2D eigenvalue weighted by atomic mass is 16.3. The Balaban J connectivity index is 2.78. The summed E-state index contributed by atoms with van der Waals surface area (Å²) in [5.74, 6) is 0.268. The van der Waals surface area contributed by atoms with Crippen molar-refractivity contribution in [2.24, 2.45) is 5.92 Å². The minimum atomic E-state index is -0.434. The number of hydrogen-bond acceptors (Lipinski definition) is 2. The summed E-state index contributed by atoms with van der Waals surface area (Å²) in [7, 11) is 0. The maximum Gasteiger partial charge on any atom is 0.0835 e. The van der Waals surface area contributed by atoms with Crippen LogP contribution in [-0.4, -0.2) is 5.11 Å². The summed E-state index contributed by atoms with van der Waals surface area (Å²) in [6, 6.07) is 7.52. The lowest BCUT2D eigenvalue weighted by molar-refractivity contribution is 0.113. The minimum absolute atomic E-state index is 0.268. The molecule has 14 heavy (non-hydrogen) atoms. The Morgan fingerprint density at radius 2 is 2.00 bits per heavy atom. The van der Waals surface area contributed by atoms with E-state index in [-0.39, 0.29) is 5.92 Å². The number of nitrogens with two attached hydrogens (primary N) is 1. The van der Waals surface area contributed by atoms with Gasteiger partial charge < -0.3 is 10.8 Å². The van der Waals surface area contributed by atoms with Crippen molar-refractivity contribution in [2.45, 2.75) is 32.8 Å². The molecule has 0 radical (unpaired) electrons. The SMILES string of the molecule is CCCC(C)C(O)c1ccccc1N. The van der Waals surface area contributed by atoms with Crippen molar-refractivity contribution in [3.05, 3.63) is 29.8 Å². The molecule has 1 aromatic carbocycles. The van der Waals surface area contributed by atoms with Gasteiger partial charge in [0.2, 0.25) is 0 Å². The molecule has 0 spiro atoms. The van der Waals surface area contributed by atoms with E-state index in [1.807, 2.05) is 24.3 Å². The monoisotopic (exact) mass is 193 g/mol. The van der Waals surface area contributed by atoms with Gasteiger partial charge in [-0.15, -0.1) is 0 Å². The van der Waals surface area contributed by atoms with Gasteiger partial charge in [-0.05, 0) is 18.4 Å². The molecular weight excluding hydrogens is 174 g/mol. The fourth-order valence-corrected chi connectivity index (χ4v) is 1.70. The Morgan fingerprint density at radius 3 is 2.57 bits per heavy atom. The van der Waals surface area contributed by atoms with Gasteiger partial charge >= 0.3 is 0 Å². The molecule has 0 amide bonds. The zero-order valence-electron chi connectivity index (χ0n) is 8.90. The number of nitrogen functional groups attached to an aromatic ring is 1. The highest BCUT2D eigenvalue weighted by Gasteiger charge is 2.17. The summed E-state index contributed by atoms with van der Waals surface area (Å²) in [5.41, 5.74) is 7.33. The largest absolute Gasteiger partial charge is 0.398 e.